The van der Waals surface area contributed by atoms with Crippen LogP contribution in [0, 0.1) is 0 Å². The third-order valence-corrected chi connectivity index (χ3v) is 11.0. The van der Waals surface area contributed by atoms with Gasteiger partial charge in [0, 0.05) is 6.42 Å². The van der Waals surface area contributed by atoms with Crippen LogP contribution in [0.2, 0.25) is 0 Å². The van der Waals surface area contributed by atoms with Crippen LogP contribution in [0.4, 0.5) is 0 Å². The normalized spacial score (nSPS) is 13.9. The molecule has 0 saturated carbocycles. The maximum absolute atomic E-state index is 13.2. The van der Waals surface area contributed by atoms with E-state index in [4.69, 9.17) is 4.74 Å². The van der Waals surface area contributed by atoms with Crippen LogP contribution >= 0.6 is 0 Å². The van der Waals surface area contributed by atoms with Crippen LogP contribution < -0.4 is 5.32 Å². The van der Waals surface area contributed by atoms with E-state index >= 15 is 0 Å². The second-order valence-electron chi connectivity index (χ2n) is 16.8. The molecular formula is C54H95NO5. The summed E-state index contributed by atoms with van der Waals surface area (Å²) >= 11 is 0. The largest absolute Gasteiger partial charge is 0.462 e. The molecule has 0 aromatic rings. The Hall–Kier alpha value is -2.70. The number of hydrogen-bond donors (Lipinski definition) is 3. The van der Waals surface area contributed by atoms with Gasteiger partial charge in [-0.1, -0.05) is 209 Å². The minimum Gasteiger partial charge on any atom is -0.462 e. The lowest BCUT2D eigenvalue weighted by Gasteiger charge is -2.24. The fourth-order valence-corrected chi connectivity index (χ4v) is 7.23. The van der Waals surface area contributed by atoms with Crippen LogP contribution in [0.15, 0.2) is 72.9 Å². The number of ether oxygens (including phenoxy) is 1. The maximum Gasteiger partial charge on any atom is 0.306 e. The molecule has 3 unspecified atom stereocenters. The number of aliphatic hydroxyl groups is 2. The van der Waals surface area contributed by atoms with Crippen molar-refractivity contribution in [2.24, 2.45) is 0 Å². The number of nitrogens with one attached hydrogen (secondary N) is 1. The topological polar surface area (TPSA) is 95.9 Å². The number of allylic oxidation sites excluding steroid dienone is 12. The van der Waals surface area contributed by atoms with Crippen molar-refractivity contribution in [2.45, 2.75) is 251 Å². The smallest absolute Gasteiger partial charge is 0.306 e. The molecule has 0 aliphatic rings. The van der Waals surface area contributed by atoms with Gasteiger partial charge in [-0.3, -0.25) is 9.59 Å². The number of carbonyl (C=O) groups is 2. The Morgan fingerprint density at radius 1 is 0.500 bits per heavy atom. The summed E-state index contributed by atoms with van der Waals surface area (Å²) in [5.74, 6) is -0.575. The fourth-order valence-electron chi connectivity index (χ4n) is 7.23. The summed E-state index contributed by atoms with van der Waals surface area (Å²) < 4.78 is 5.87. The zero-order valence-electron chi connectivity index (χ0n) is 39.3. The molecule has 0 heterocycles. The quantitative estimate of drug-likeness (QED) is 0.0323. The van der Waals surface area contributed by atoms with Crippen LogP contribution in [0.25, 0.3) is 0 Å². The lowest BCUT2D eigenvalue weighted by atomic mass is 10.0. The van der Waals surface area contributed by atoms with Crippen LogP contribution in [-0.4, -0.2) is 46.9 Å². The number of unbranched alkanes of at least 4 members (excludes halogenated alkanes) is 20. The molecule has 0 aromatic carbocycles. The Balaban J connectivity index is 4.66. The number of carbonyl (C=O) groups excluding carboxylic acids is 2. The third kappa shape index (κ3) is 42.0. The second-order valence-corrected chi connectivity index (χ2v) is 16.8. The van der Waals surface area contributed by atoms with Crippen molar-refractivity contribution in [2.75, 3.05) is 6.61 Å². The Bertz CT molecular complexity index is 1120. The average Bonchev–Trinajstić information content (AvgIpc) is 3.24. The highest BCUT2D eigenvalue weighted by atomic mass is 16.5. The minimum atomic E-state index is -0.805. The van der Waals surface area contributed by atoms with Crippen molar-refractivity contribution in [1.82, 2.24) is 5.32 Å². The van der Waals surface area contributed by atoms with Crippen molar-refractivity contribution in [3.05, 3.63) is 72.9 Å². The van der Waals surface area contributed by atoms with E-state index in [1.54, 1.807) is 0 Å². The molecule has 3 N–H and O–H groups in total. The van der Waals surface area contributed by atoms with Crippen molar-refractivity contribution in [3.8, 4) is 0 Å². The zero-order valence-corrected chi connectivity index (χ0v) is 39.3. The third-order valence-electron chi connectivity index (χ3n) is 11.0. The van der Waals surface area contributed by atoms with E-state index in [-0.39, 0.29) is 24.9 Å². The number of aliphatic hydroxyl groups excluding tert-OH is 2. The van der Waals surface area contributed by atoms with Gasteiger partial charge in [0.25, 0.3) is 0 Å². The molecule has 6 nitrogen and oxygen atoms in total. The summed E-state index contributed by atoms with van der Waals surface area (Å²) in [5, 5.41) is 23.7. The van der Waals surface area contributed by atoms with E-state index in [1.807, 2.05) is 0 Å². The predicted octanol–water partition coefficient (Wildman–Crippen LogP) is 15.0. The first-order valence-corrected chi connectivity index (χ1v) is 25.2. The van der Waals surface area contributed by atoms with Crippen molar-refractivity contribution in [3.63, 3.8) is 0 Å². The molecule has 0 rings (SSSR count). The summed E-state index contributed by atoms with van der Waals surface area (Å²) in [7, 11) is 0. The van der Waals surface area contributed by atoms with Gasteiger partial charge in [-0.2, -0.15) is 0 Å². The van der Waals surface area contributed by atoms with Gasteiger partial charge in [0.2, 0.25) is 5.91 Å². The Morgan fingerprint density at radius 3 is 1.42 bits per heavy atom. The highest BCUT2D eigenvalue weighted by Crippen LogP contribution is 2.16. The van der Waals surface area contributed by atoms with Crippen LogP contribution in [0.3, 0.4) is 0 Å². The van der Waals surface area contributed by atoms with Gasteiger partial charge < -0.3 is 20.3 Å². The Labute approximate surface area is 371 Å². The molecule has 346 valence electrons. The zero-order chi connectivity index (χ0) is 43.8. The van der Waals surface area contributed by atoms with Gasteiger partial charge in [0.1, 0.15) is 6.10 Å². The number of esters is 1. The highest BCUT2D eigenvalue weighted by molar-refractivity contribution is 5.77. The summed E-state index contributed by atoms with van der Waals surface area (Å²) in [5.41, 5.74) is 0. The molecule has 1 amide bonds. The first-order valence-electron chi connectivity index (χ1n) is 25.2. The fraction of sp³-hybridized carbons (Fsp3) is 0.741. The van der Waals surface area contributed by atoms with Gasteiger partial charge in [-0.05, 0) is 83.5 Å². The molecule has 6 heteroatoms. The summed E-state index contributed by atoms with van der Waals surface area (Å²) in [6.45, 7) is 6.33. The number of rotatable bonds is 44. The average molecular weight is 838 g/mol. The molecule has 0 aliphatic heterocycles. The van der Waals surface area contributed by atoms with Gasteiger partial charge >= 0.3 is 5.97 Å². The molecule has 3 atom stereocenters. The lowest BCUT2D eigenvalue weighted by molar-refractivity contribution is -0.151. The van der Waals surface area contributed by atoms with E-state index in [2.05, 4.69) is 99.0 Å². The van der Waals surface area contributed by atoms with E-state index in [0.29, 0.717) is 25.7 Å². The van der Waals surface area contributed by atoms with E-state index in [1.165, 1.54) is 103 Å². The van der Waals surface area contributed by atoms with Crippen LogP contribution in [-0.2, 0) is 14.3 Å². The Kier molecular flexibility index (Phi) is 45.2. The SMILES string of the molecule is CC/C=C\C/C=C\C/C=C\C/C=C\C/C=C\CCCC(=O)OC(CCC/C=C\CCCCCCCC)CC(=O)NC(CO)C(O)CCCCCCCCCCCCCCC. The van der Waals surface area contributed by atoms with Crippen molar-refractivity contribution in [1.29, 1.82) is 0 Å². The first kappa shape index (κ1) is 57.3. The van der Waals surface area contributed by atoms with E-state index in [0.717, 1.165) is 77.0 Å². The van der Waals surface area contributed by atoms with E-state index in [9.17, 15) is 19.8 Å². The molecular weight excluding hydrogens is 743 g/mol. The molecule has 60 heavy (non-hydrogen) atoms. The molecule has 0 spiro atoms. The van der Waals surface area contributed by atoms with Crippen LogP contribution in [0.5, 0.6) is 0 Å². The molecule has 0 bridgehead atoms. The standard InChI is InChI=1S/C54H95NO5/c1-4-7-10-13-16-19-22-24-25-26-27-29-32-35-38-41-44-47-54(59)60-50(45-42-39-36-33-30-21-18-15-12-9-6-3)48-53(58)55-51(49-56)52(57)46-43-40-37-34-31-28-23-20-17-14-11-8-5-2/h7,10,16,19,24-25,27,29,33,35-36,38,50-52,56-57H,4-6,8-9,11-15,17-18,20-23,26,28,30-32,34,37,39-49H2,1-3H3,(H,55,58)/b10-7-,19-16-,25-24-,29-27-,36-33-,38-35-. The lowest BCUT2D eigenvalue weighted by Crippen LogP contribution is -2.46. The molecule has 0 fully saturated rings. The minimum absolute atomic E-state index is 0.0317. The highest BCUT2D eigenvalue weighted by Gasteiger charge is 2.24. The number of amides is 1. The summed E-state index contributed by atoms with van der Waals surface area (Å²) in [4.78, 5) is 26.1. The van der Waals surface area contributed by atoms with E-state index < -0.39 is 18.2 Å². The van der Waals surface area contributed by atoms with Crippen molar-refractivity contribution < 1.29 is 24.5 Å². The van der Waals surface area contributed by atoms with Crippen molar-refractivity contribution >= 4 is 11.9 Å². The summed E-state index contributed by atoms with van der Waals surface area (Å²) in [6.07, 6.45) is 59.7. The molecule has 0 aromatic heterocycles. The monoisotopic (exact) mass is 838 g/mol. The molecule has 0 radical (unpaired) electrons. The van der Waals surface area contributed by atoms with Gasteiger partial charge in [0.05, 0.1) is 25.2 Å². The van der Waals surface area contributed by atoms with Gasteiger partial charge in [-0.15, -0.1) is 0 Å². The number of hydrogen-bond acceptors (Lipinski definition) is 5. The molecule has 0 aliphatic carbocycles. The summed E-state index contributed by atoms with van der Waals surface area (Å²) in [6, 6.07) is -0.723. The maximum atomic E-state index is 13.2. The van der Waals surface area contributed by atoms with Gasteiger partial charge in [0.15, 0.2) is 0 Å². The van der Waals surface area contributed by atoms with Crippen LogP contribution in [0.1, 0.15) is 233 Å². The van der Waals surface area contributed by atoms with Gasteiger partial charge in [-0.25, -0.2) is 0 Å². The Morgan fingerprint density at radius 2 is 0.917 bits per heavy atom. The first-order chi connectivity index (χ1) is 29.5. The predicted molar refractivity (Wildman–Crippen MR) is 259 cm³/mol. The second kappa shape index (κ2) is 47.4. The molecule has 0 saturated heterocycles.